The average Bonchev–Trinajstić information content (AvgIpc) is 2.29. The van der Waals surface area contributed by atoms with E-state index < -0.39 is 21.7 Å². The maximum absolute atomic E-state index is 14.0. The summed E-state index contributed by atoms with van der Waals surface area (Å²) in [5.74, 6) is -1.01. The summed E-state index contributed by atoms with van der Waals surface area (Å²) in [6, 6.07) is 1.93. The van der Waals surface area contributed by atoms with Crippen LogP contribution in [0.25, 0.3) is 0 Å². The van der Waals surface area contributed by atoms with Crippen molar-refractivity contribution in [3.8, 4) is 0 Å². The second-order valence-electron chi connectivity index (χ2n) is 5.65. The summed E-state index contributed by atoms with van der Waals surface area (Å²) in [5.41, 5.74) is -0.252. The molecule has 5 nitrogen and oxygen atoms in total. The van der Waals surface area contributed by atoms with E-state index in [9.17, 15) is 17.6 Å². The Kier molecular flexibility index (Phi) is 5.47. The number of rotatable bonds is 5. The third kappa shape index (κ3) is 4.78. The monoisotopic (exact) mass is 316 g/mol. The average molecular weight is 316 g/mol. The number of amides is 1. The molecule has 1 unspecified atom stereocenters. The lowest BCUT2D eigenvalue weighted by atomic mass is 10.0. The second-order valence-corrected chi connectivity index (χ2v) is 7.21. The predicted molar refractivity (Wildman–Crippen MR) is 78.9 cm³/mol. The number of benzene rings is 1. The minimum absolute atomic E-state index is 0.0585. The van der Waals surface area contributed by atoms with Gasteiger partial charge in [-0.25, -0.2) is 17.9 Å². The molecule has 1 amide bonds. The van der Waals surface area contributed by atoms with Crippen molar-refractivity contribution in [2.45, 2.75) is 45.1 Å². The lowest BCUT2D eigenvalue weighted by Crippen LogP contribution is -2.34. The first-order valence-electron chi connectivity index (χ1n) is 6.66. The molecule has 0 radical (unpaired) electrons. The zero-order chi connectivity index (χ0) is 16.4. The molecule has 1 aromatic carbocycles. The van der Waals surface area contributed by atoms with E-state index in [4.69, 9.17) is 5.14 Å². The molecule has 3 N–H and O–H groups in total. The fraction of sp³-hybridized carbons (Fsp3) is 0.500. The van der Waals surface area contributed by atoms with Crippen LogP contribution in [0.15, 0.2) is 17.0 Å². The van der Waals surface area contributed by atoms with E-state index in [0.29, 0.717) is 5.92 Å². The second kappa shape index (κ2) is 6.53. The predicted octanol–water partition coefficient (Wildman–Crippen LogP) is 1.95. The zero-order valence-corrected chi connectivity index (χ0v) is 13.4. The van der Waals surface area contributed by atoms with Crippen molar-refractivity contribution < 1.29 is 17.6 Å². The minimum atomic E-state index is -3.99. The van der Waals surface area contributed by atoms with Crippen LogP contribution in [0.1, 0.15) is 43.1 Å². The van der Waals surface area contributed by atoms with E-state index >= 15 is 0 Å². The van der Waals surface area contributed by atoms with Gasteiger partial charge in [0.1, 0.15) is 5.82 Å². The van der Waals surface area contributed by atoms with Crippen LogP contribution in [0, 0.1) is 18.7 Å². The molecule has 0 aliphatic heterocycles. The van der Waals surface area contributed by atoms with Crippen molar-refractivity contribution >= 4 is 15.9 Å². The number of hydrogen-bond acceptors (Lipinski definition) is 3. The Morgan fingerprint density at radius 2 is 1.90 bits per heavy atom. The summed E-state index contributed by atoms with van der Waals surface area (Å²) in [6.07, 6.45) is 0.737. The van der Waals surface area contributed by atoms with Crippen LogP contribution in [0.5, 0.6) is 0 Å². The third-order valence-corrected chi connectivity index (χ3v) is 3.90. The summed E-state index contributed by atoms with van der Waals surface area (Å²) in [4.78, 5) is 11.8. The van der Waals surface area contributed by atoms with Gasteiger partial charge in [-0.15, -0.1) is 0 Å². The minimum Gasteiger partial charge on any atom is -0.349 e. The van der Waals surface area contributed by atoms with E-state index in [2.05, 4.69) is 5.32 Å². The normalized spacial score (nSPS) is 13.3. The lowest BCUT2D eigenvalue weighted by molar-refractivity contribution is 0.0931. The number of nitrogens with two attached hydrogens (primary N) is 1. The summed E-state index contributed by atoms with van der Waals surface area (Å²) in [7, 11) is -3.99. The lowest BCUT2D eigenvalue weighted by Gasteiger charge is -2.17. The number of carbonyl (C=O) groups excluding carboxylic acids is 1. The van der Waals surface area contributed by atoms with E-state index in [-0.39, 0.29) is 22.1 Å². The Balaban J connectivity index is 3.12. The highest BCUT2D eigenvalue weighted by molar-refractivity contribution is 7.89. The van der Waals surface area contributed by atoms with Gasteiger partial charge in [0.25, 0.3) is 5.91 Å². The Bertz CT molecular complexity index is 642. The van der Waals surface area contributed by atoms with Crippen LogP contribution in [0.4, 0.5) is 4.39 Å². The molecule has 0 bridgehead atoms. The smallest absolute Gasteiger partial charge is 0.254 e. The highest BCUT2D eigenvalue weighted by Crippen LogP contribution is 2.19. The van der Waals surface area contributed by atoms with Gasteiger partial charge in [-0.1, -0.05) is 13.8 Å². The molecule has 0 aromatic heterocycles. The number of aryl methyl sites for hydroxylation is 1. The van der Waals surface area contributed by atoms with Crippen molar-refractivity contribution in [1.82, 2.24) is 5.32 Å². The fourth-order valence-corrected chi connectivity index (χ4v) is 2.76. The van der Waals surface area contributed by atoms with Gasteiger partial charge in [-0.2, -0.15) is 0 Å². The van der Waals surface area contributed by atoms with E-state index in [0.717, 1.165) is 18.6 Å². The Hall–Kier alpha value is -1.47. The summed E-state index contributed by atoms with van der Waals surface area (Å²) < 4.78 is 36.8. The molecule has 0 fully saturated rings. The van der Waals surface area contributed by atoms with E-state index in [1.165, 1.54) is 6.92 Å². The topological polar surface area (TPSA) is 89.3 Å². The maximum atomic E-state index is 14.0. The first-order chi connectivity index (χ1) is 9.52. The molecule has 0 aliphatic carbocycles. The van der Waals surface area contributed by atoms with Crippen molar-refractivity contribution in [1.29, 1.82) is 0 Å². The van der Waals surface area contributed by atoms with E-state index in [1.807, 2.05) is 20.8 Å². The van der Waals surface area contributed by atoms with Gasteiger partial charge in [0.2, 0.25) is 10.0 Å². The Morgan fingerprint density at radius 3 is 2.38 bits per heavy atom. The largest absolute Gasteiger partial charge is 0.349 e. The number of carbonyl (C=O) groups is 1. The number of halogens is 1. The molecule has 1 atom stereocenters. The van der Waals surface area contributed by atoms with Gasteiger partial charge in [-0.3, -0.25) is 4.79 Å². The van der Waals surface area contributed by atoms with Crippen LogP contribution in [0.2, 0.25) is 0 Å². The number of primary sulfonamides is 1. The van der Waals surface area contributed by atoms with Crippen LogP contribution < -0.4 is 10.5 Å². The van der Waals surface area contributed by atoms with Gasteiger partial charge in [0.15, 0.2) is 0 Å². The van der Waals surface area contributed by atoms with E-state index in [1.54, 1.807) is 0 Å². The first-order valence-corrected chi connectivity index (χ1v) is 8.20. The number of sulfonamides is 1. The zero-order valence-electron chi connectivity index (χ0n) is 12.6. The molecular formula is C14H21FN2O3S. The van der Waals surface area contributed by atoms with Gasteiger partial charge in [0.05, 0.1) is 10.5 Å². The fourth-order valence-electron chi connectivity index (χ4n) is 2.13. The van der Waals surface area contributed by atoms with Gasteiger partial charge < -0.3 is 5.32 Å². The molecule has 21 heavy (non-hydrogen) atoms. The summed E-state index contributed by atoms with van der Waals surface area (Å²) in [6.45, 7) is 7.22. The molecule has 0 heterocycles. The van der Waals surface area contributed by atoms with Crippen LogP contribution >= 0.6 is 0 Å². The first kappa shape index (κ1) is 17.6. The quantitative estimate of drug-likeness (QED) is 0.870. The van der Waals surface area contributed by atoms with Crippen molar-refractivity contribution in [2.75, 3.05) is 0 Å². The van der Waals surface area contributed by atoms with Gasteiger partial charge in [0, 0.05) is 6.04 Å². The van der Waals surface area contributed by atoms with Gasteiger partial charge in [-0.05, 0) is 43.9 Å². The van der Waals surface area contributed by atoms with Crippen molar-refractivity contribution in [3.05, 3.63) is 29.1 Å². The van der Waals surface area contributed by atoms with Crippen LogP contribution in [0.3, 0.4) is 0 Å². The van der Waals surface area contributed by atoms with Crippen molar-refractivity contribution in [2.24, 2.45) is 11.1 Å². The molecule has 1 rings (SSSR count). The Labute approximate surface area is 124 Å². The SMILES string of the molecule is Cc1cc(S(N)(=O)=O)cc(C(=O)NC(C)CC(C)C)c1F. The molecule has 7 heteroatoms. The molecular weight excluding hydrogens is 295 g/mol. The maximum Gasteiger partial charge on any atom is 0.254 e. The molecule has 0 saturated heterocycles. The standard InChI is InChI=1S/C14H21FN2O3S/c1-8(2)5-10(4)17-14(18)12-7-11(21(16,19)20)6-9(3)13(12)15/h6-8,10H,5H2,1-4H3,(H,17,18)(H2,16,19,20). The number of hydrogen-bond donors (Lipinski definition) is 2. The van der Waals surface area contributed by atoms with Gasteiger partial charge >= 0.3 is 0 Å². The third-order valence-electron chi connectivity index (χ3n) is 3.00. The Morgan fingerprint density at radius 1 is 1.33 bits per heavy atom. The molecule has 0 aliphatic rings. The number of nitrogens with one attached hydrogen (secondary N) is 1. The molecule has 0 saturated carbocycles. The van der Waals surface area contributed by atoms with Crippen LogP contribution in [-0.4, -0.2) is 20.4 Å². The summed E-state index contributed by atoms with van der Waals surface area (Å²) >= 11 is 0. The molecule has 1 aromatic rings. The highest BCUT2D eigenvalue weighted by Gasteiger charge is 2.20. The summed E-state index contributed by atoms with van der Waals surface area (Å²) in [5, 5.41) is 7.69. The molecule has 118 valence electrons. The van der Waals surface area contributed by atoms with Crippen molar-refractivity contribution in [3.63, 3.8) is 0 Å². The van der Waals surface area contributed by atoms with Crippen LogP contribution in [-0.2, 0) is 10.0 Å². The highest BCUT2D eigenvalue weighted by atomic mass is 32.2. The molecule has 0 spiro atoms.